The molecule has 1 saturated heterocycles. The Morgan fingerprint density at radius 1 is 0.925 bits per heavy atom. The molecule has 5 nitrogen and oxygen atoms in total. The van der Waals surface area contributed by atoms with Crippen LogP contribution >= 0.6 is 11.8 Å². The monoisotopic (exact) mass is 588 g/mol. The first kappa shape index (κ1) is 30.2. The Kier molecular flexibility index (Phi) is 9.68. The van der Waals surface area contributed by atoms with Gasteiger partial charge in [0.25, 0.3) is 0 Å². The fourth-order valence-corrected chi connectivity index (χ4v) is 6.03. The molecule has 0 bridgehead atoms. The van der Waals surface area contributed by atoms with Crippen molar-refractivity contribution in [1.29, 1.82) is 0 Å². The van der Waals surface area contributed by atoms with Gasteiger partial charge in [-0.05, 0) is 98.7 Å². The summed E-state index contributed by atoms with van der Waals surface area (Å²) in [5, 5.41) is 3.21. The van der Waals surface area contributed by atoms with Crippen molar-refractivity contribution in [3.8, 4) is 0 Å². The second kappa shape index (κ2) is 12.8. The second-order valence-electron chi connectivity index (χ2n) is 10.5. The molecule has 4 rings (SSSR count). The minimum Gasteiger partial charge on any atom is -0.398 e. The summed E-state index contributed by atoms with van der Waals surface area (Å²) >= 11 is -0.133. The summed E-state index contributed by atoms with van der Waals surface area (Å²) in [5.41, 5.74) is 1.30. The number of carbonyl (C=O) groups is 1. The molecule has 3 N–H and O–H groups in total. The molecule has 0 spiro atoms. The molecule has 0 atom stereocenters. The number of alkyl halides is 6. The zero-order valence-electron chi connectivity index (χ0n) is 22.0. The van der Waals surface area contributed by atoms with E-state index in [0.717, 1.165) is 56.8 Å². The van der Waals surface area contributed by atoms with Crippen LogP contribution in [0.1, 0.15) is 50.5 Å². The number of hydrogen-bond acceptors (Lipinski definition) is 5. The molecule has 0 aromatic heterocycles. The lowest BCUT2D eigenvalue weighted by molar-refractivity contribution is -0.137. The summed E-state index contributed by atoms with van der Waals surface area (Å²) in [6, 6.07) is 10.3. The van der Waals surface area contributed by atoms with E-state index >= 15 is 0 Å². The van der Waals surface area contributed by atoms with E-state index in [1.165, 1.54) is 18.2 Å². The fraction of sp³-hybridized carbons (Fsp3) is 0.536. The zero-order valence-corrected chi connectivity index (χ0v) is 22.8. The molecular formula is C28H34F6N4OS. The normalized spacial score (nSPS) is 20.8. The first-order chi connectivity index (χ1) is 18.9. The third-order valence-corrected chi connectivity index (χ3v) is 8.37. The number of hydrogen-bond donors (Lipinski definition) is 2. The molecule has 2 aromatic carbocycles. The van der Waals surface area contributed by atoms with Gasteiger partial charge in [0.05, 0.1) is 5.56 Å². The van der Waals surface area contributed by atoms with Crippen molar-refractivity contribution >= 4 is 34.7 Å². The Labute approximate surface area is 234 Å². The summed E-state index contributed by atoms with van der Waals surface area (Å²) in [4.78, 5) is 17.1. The molecule has 40 heavy (non-hydrogen) atoms. The SMILES string of the molecule is Nc1ccc(NC2CCC(CCC(=O)N3CCCN(c4ccc(SC(F)(F)F)cc4)CC3)CC2)cc1C(F)(F)F. The minimum absolute atomic E-state index is 0.0781. The smallest absolute Gasteiger partial charge is 0.398 e. The highest BCUT2D eigenvalue weighted by atomic mass is 32.2. The highest BCUT2D eigenvalue weighted by molar-refractivity contribution is 8.00. The quantitative estimate of drug-likeness (QED) is 0.201. The number of benzene rings is 2. The Hall–Kier alpha value is -2.76. The largest absolute Gasteiger partial charge is 0.446 e. The van der Waals surface area contributed by atoms with Gasteiger partial charge in [-0.2, -0.15) is 26.3 Å². The molecule has 1 amide bonds. The molecule has 2 aliphatic rings. The Bertz CT molecular complexity index is 1130. The third-order valence-electron chi connectivity index (χ3n) is 7.63. The number of thioether (sulfide) groups is 1. The van der Waals surface area contributed by atoms with Crippen molar-refractivity contribution < 1.29 is 31.1 Å². The van der Waals surface area contributed by atoms with Crippen molar-refractivity contribution in [3.63, 3.8) is 0 Å². The lowest BCUT2D eigenvalue weighted by Crippen LogP contribution is -2.35. The summed E-state index contributed by atoms with van der Waals surface area (Å²) in [6.07, 6.45) is 0.978. The van der Waals surface area contributed by atoms with Crippen LogP contribution in [-0.4, -0.2) is 48.5 Å². The number of nitrogen functional groups attached to an aromatic ring is 1. The van der Waals surface area contributed by atoms with Crippen LogP contribution in [0, 0.1) is 5.92 Å². The Balaban J connectivity index is 1.19. The van der Waals surface area contributed by atoms with Crippen molar-refractivity contribution in [2.45, 2.75) is 67.6 Å². The summed E-state index contributed by atoms with van der Waals surface area (Å²) in [7, 11) is 0. The van der Waals surface area contributed by atoms with Crippen LogP contribution in [0.2, 0.25) is 0 Å². The van der Waals surface area contributed by atoms with E-state index in [4.69, 9.17) is 5.73 Å². The van der Waals surface area contributed by atoms with Crippen LogP contribution in [0.4, 0.5) is 43.4 Å². The molecule has 1 heterocycles. The van der Waals surface area contributed by atoms with Gasteiger partial charge in [-0.1, -0.05) is 0 Å². The number of nitrogens with one attached hydrogen (secondary N) is 1. The molecule has 2 fully saturated rings. The second-order valence-corrected chi connectivity index (χ2v) is 11.6. The first-order valence-electron chi connectivity index (χ1n) is 13.5. The number of carbonyl (C=O) groups excluding carboxylic acids is 1. The number of amides is 1. The number of anilines is 3. The summed E-state index contributed by atoms with van der Waals surface area (Å²) in [5.74, 6) is 0.510. The molecule has 1 aliphatic carbocycles. The van der Waals surface area contributed by atoms with E-state index in [1.54, 1.807) is 18.2 Å². The van der Waals surface area contributed by atoms with Gasteiger partial charge in [0, 0.05) is 60.6 Å². The average molecular weight is 589 g/mol. The van der Waals surface area contributed by atoms with Gasteiger partial charge in [0.1, 0.15) is 0 Å². The van der Waals surface area contributed by atoms with Crippen molar-refractivity contribution in [3.05, 3.63) is 48.0 Å². The Morgan fingerprint density at radius 3 is 2.27 bits per heavy atom. The predicted octanol–water partition coefficient (Wildman–Crippen LogP) is 7.39. The van der Waals surface area contributed by atoms with E-state index in [9.17, 15) is 31.1 Å². The van der Waals surface area contributed by atoms with Gasteiger partial charge in [-0.15, -0.1) is 0 Å². The standard InChI is InChI=1S/C28H34F6N4OS/c29-27(30,31)24-18-21(7-12-25(24)35)36-20-5-2-19(3-6-20)4-13-26(39)38-15-1-14-37(16-17-38)22-8-10-23(11-9-22)40-28(32,33)34/h7-12,18-20,36H,1-6,13-17,35H2. The average Bonchev–Trinajstić information content (AvgIpc) is 3.15. The molecule has 1 aliphatic heterocycles. The maximum Gasteiger partial charge on any atom is 0.446 e. The molecular weight excluding hydrogens is 554 g/mol. The van der Waals surface area contributed by atoms with Crippen molar-refractivity contribution in [2.24, 2.45) is 5.92 Å². The summed E-state index contributed by atoms with van der Waals surface area (Å²) < 4.78 is 77.2. The summed E-state index contributed by atoms with van der Waals surface area (Å²) in [6.45, 7) is 2.56. The van der Waals surface area contributed by atoms with Gasteiger partial charge in [0.2, 0.25) is 5.91 Å². The number of nitrogens with zero attached hydrogens (tertiary/aromatic N) is 2. The van der Waals surface area contributed by atoms with Crippen LogP contribution in [0.25, 0.3) is 0 Å². The fourth-order valence-electron chi connectivity index (χ4n) is 5.49. The van der Waals surface area contributed by atoms with Crippen molar-refractivity contribution in [2.75, 3.05) is 42.1 Å². The number of rotatable bonds is 7. The van der Waals surface area contributed by atoms with Gasteiger partial charge in [-0.25, -0.2) is 0 Å². The molecule has 220 valence electrons. The van der Waals surface area contributed by atoms with Gasteiger partial charge < -0.3 is 20.9 Å². The number of nitrogens with two attached hydrogens (primary N) is 1. The Morgan fingerprint density at radius 2 is 1.62 bits per heavy atom. The zero-order chi connectivity index (χ0) is 28.9. The highest BCUT2D eigenvalue weighted by Crippen LogP contribution is 2.38. The molecule has 2 aromatic rings. The molecule has 0 unspecified atom stereocenters. The molecule has 0 radical (unpaired) electrons. The van der Waals surface area contributed by atoms with E-state index in [-0.39, 0.29) is 34.3 Å². The van der Waals surface area contributed by atoms with E-state index in [1.807, 2.05) is 4.90 Å². The number of halogens is 6. The maximum atomic E-state index is 13.1. The van der Waals surface area contributed by atoms with Gasteiger partial charge in [0.15, 0.2) is 0 Å². The minimum atomic E-state index is -4.50. The van der Waals surface area contributed by atoms with E-state index in [2.05, 4.69) is 10.2 Å². The highest BCUT2D eigenvalue weighted by Gasteiger charge is 2.33. The van der Waals surface area contributed by atoms with E-state index < -0.39 is 17.2 Å². The topological polar surface area (TPSA) is 61.6 Å². The van der Waals surface area contributed by atoms with Crippen LogP contribution < -0.4 is 16.0 Å². The van der Waals surface area contributed by atoms with Crippen LogP contribution in [0.5, 0.6) is 0 Å². The maximum absolute atomic E-state index is 13.1. The predicted molar refractivity (Wildman–Crippen MR) is 146 cm³/mol. The van der Waals surface area contributed by atoms with Gasteiger partial charge >= 0.3 is 11.7 Å². The van der Waals surface area contributed by atoms with Crippen molar-refractivity contribution in [1.82, 2.24) is 4.90 Å². The molecule has 1 saturated carbocycles. The lowest BCUT2D eigenvalue weighted by Gasteiger charge is -2.30. The van der Waals surface area contributed by atoms with Gasteiger partial charge in [-0.3, -0.25) is 4.79 Å². The van der Waals surface area contributed by atoms with Crippen LogP contribution in [0.3, 0.4) is 0 Å². The lowest BCUT2D eigenvalue weighted by atomic mass is 9.83. The third kappa shape index (κ3) is 8.62. The van der Waals surface area contributed by atoms with E-state index in [0.29, 0.717) is 37.7 Å². The first-order valence-corrected chi connectivity index (χ1v) is 14.3. The molecule has 12 heteroatoms. The van der Waals surface area contributed by atoms with Crippen LogP contribution in [0.15, 0.2) is 47.4 Å². The van der Waals surface area contributed by atoms with Crippen LogP contribution in [-0.2, 0) is 11.0 Å².